The molecule has 0 spiro atoms. The highest BCUT2D eigenvalue weighted by atomic mass is 14.7. The zero-order valence-corrected chi connectivity index (χ0v) is 6.99. The van der Waals surface area contributed by atoms with Crippen molar-refractivity contribution in [3.05, 3.63) is 35.7 Å². The van der Waals surface area contributed by atoms with Crippen LogP contribution < -0.4 is 0 Å². The standard InChI is InChI=1S/C10H10N2/c1-2-9-5-6-10(12-8-9)4-3-7-11/h3-6,8H,2H2,1H3/b4-3+. The van der Waals surface area contributed by atoms with Gasteiger partial charge in [0.1, 0.15) is 0 Å². The van der Waals surface area contributed by atoms with E-state index in [1.54, 1.807) is 6.08 Å². The average molecular weight is 158 g/mol. The van der Waals surface area contributed by atoms with Gasteiger partial charge in [0.05, 0.1) is 11.8 Å². The van der Waals surface area contributed by atoms with Crippen LogP contribution in [0.3, 0.4) is 0 Å². The minimum Gasteiger partial charge on any atom is -0.257 e. The largest absolute Gasteiger partial charge is 0.257 e. The smallest absolute Gasteiger partial charge is 0.0912 e. The van der Waals surface area contributed by atoms with Crippen molar-refractivity contribution in [2.24, 2.45) is 0 Å². The second-order valence-corrected chi connectivity index (χ2v) is 2.41. The molecule has 0 aromatic carbocycles. The van der Waals surface area contributed by atoms with Gasteiger partial charge in [-0.1, -0.05) is 13.0 Å². The lowest BCUT2D eigenvalue weighted by Crippen LogP contribution is -1.84. The molecule has 0 bridgehead atoms. The highest BCUT2D eigenvalue weighted by Gasteiger charge is 1.89. The average Bonchev–Trinajstić information content (AvgIpc) is 2.15. The number of aromatic nitrogens is 1. The summed E-state index contributed by atoms with van der Waals surface area (Å²) in [5, 5.41) is 8.26. The first-order valence-corrected chi connectivity index (χ1v) is 3.88. The molecule has 0 unspecified atom stereocenters. The number of nitrogens with zero attached hydrogens (tertiary/aromatic N) is 2. The zero-order chi connectivity index (χ0) is 8.81. The van der Waals surface area contributed by atoms with Gasteiger partial charge in [0, 0.05) is 12.3 Å². The third-order valence-electron chi connectivity index (χ3n) is 1.58. The Balaban J connectivity index is 2.79. The van der Waals surface area contributed by atoms with Crippen LogP contribution in [0.2, 0.25) is 0 Å². The molecule has 0 saturated heterocycles. The van der Waals surface area contributed by atoms with Gasteiger partial charge in [-0.2, -0.15) is 5.26 Å². The Labute approximate surface area is 72.2 Å². The van der Waals surface area contributed by atoms with Crippen LogP contribution in [0.5, 0.6) is 0 Å². The lowest BCUT2D eigenvalue weighted by molar-refractivity contribution is 1.10. The molecule has 0 aliphatic carbocycles. The maximum atomic E-state index is 8.26. The van der Waals surface area contributed by atoms with Crippen LogP contribution in [0.1, 0.15) is 18.2 Å². The quantitative estimate of drug-likeness (QED) is 0.618. The van der Waals surface area contributed by atoms with Gasteiger partial charge >= 0.3 is 0 Å². The van der Waals surface area contributed by atoms with E-state index < -0.39 is 0 Å². The monoisotopic (exact) mass is 158 g/mol. The van der Waals surface area contributed by atoms with Gasteiger partial charge in [0.15, 0.2) is 0 Å². The number of pyridine rings is 1. The van der Waals surface area contributed by atoms with Crippen LogP contribution in [0.25, 0.3) is 6.08 Å². The van der Waals surface area contributed by atoms with Crippen molar-refractivity contribution >= 4 is 6.08 Å². The molecule has 1 aromatic rings. The van der Waals surface area contributed by atoms with E-state index in [4.69, 9.17) is 5.26 Å². The summed E-state index contributed by atoms with van der Waals surface area (Å²) < 4.78 is 0. The predicted octanol–water partition coefficient (Wildman–Crippen LogP) is 2.18. The van der Waals surface area contributed by atoms with Crippen LogP contribution >= 0.6 is 0 Å². The molecule has 12 heavy (non-hydrogen) atoms. The Morgan fingerprint density at radius 3 is 2.92 bits per heavy atom. The van der Waals surface area contributed by atoms with Gasteiger partial charge < -0.3 is 0 Å². The minimum absolute atomic E-state index is 0.828. The highest BCUT2D eigenvalue weighted by Crippen LogP contribution is 2.01. The van der Waals surface area contributed by atoms with Crippen molar-refractivity contribution < 1.29 is 0 Å². The van der Waals surface area contributed by atoms with Gasteiger partial charge in [-0.25, -0.2) is 0 Å². The van der Waals surface area contributed by atoms with Gasteiger partial charge in [-0.15, -0.1) is 0 Å². The van der Waals surface area contributed by atoms with Crippen LogP contribution in [0, 0.1) is 11.3 Å². The topological polar surface area (TPSA) is 36.7 Å². The molecule has 0 radical (unpaired) electrons. The molecular formula is C10H10N2. The van der Waals surface area contributed by atoms with E-state index in [1.165, 1.54) is 11.6 Å². The Morgan fingerprint density at radius 1 is 1.58 bits per heavy atom. The summed E-state index contributed by atoms with van der Waals surface area (Å²) in [6, 6.07) is 5.85. The first kappa shape index (κ1) is 8.48. The van der Waals surface area contributed by atoms with Gasteiger partial charge in [-0.05, 0) is 24.1 Å². The molecule has 0 saturated carbocycles. The second-order valence-electron chi connectivity index (χ2n) is 2.41. The van der Waals surface area contributed by atoms with E-state index in [-0.39, 0.29) is 0 Å². The molecule has 0 N–H and O–H groups in total. The van der Waals surface area contributed by atoms with Gasteiger partial charge in [-0.3, -0.25) is 4.98 Å². The lowest BCUT2D eigenvalue weighted by atomic mass is 10.2. The fourth-order valence-corrected chi connectivity index (χ4v) is 0.866. The van der Waals surface area contributed by atoms with Crippen LogP contribution in [0.15, 0.2) is 24.4 Å². The van der Waals surface area contributed by atoms with Gasteiger partial charge in [0.2, 0.25) is 0 Å². The Bertz CT molecular complexity index is 304. The summed E-state index contributed by atoms with van der Waals surface area (Å²) in [5.74, 6) is 0. The highest BCUT2D eigenvalue weighted by molar-refractivity contribution is 5.47. The minimum atomic E-state index is 0.828. The number of hydrogen-bond acceptors (Lipinski definition) is 2. The van der Waals surface area contributed by atoms with E-state index in [0.717, 1.165) is 12.1 Å². The number of aryl methyl sites for hydroxylation is 1. The summed E-state index contributed by atoms with van der Waals surface area (Å²) in [7, 11) is 0. The van der Waals surface area contributed by atoms with Crippen molar-refractivity contribution in [3.8, 4) is 6.07 Å². The van der Waals surface area contributed by atoms with E-state index in [2.05, 4.69) is 11.9 Å². The maximum absolute atomic E-state index is 8.26. The number of nitriles is 1. The summed E-state index contributed by atoms with van der Waals surface area (Å²) in [4.78, 5) is 4.15. The molecule has 1 aromatic heterocycles. The summed E-state index contributed by atoms with van der Waals surface area (Å²) in [5.41, 5.74) is 2.04. The van der Waals surface area contributed by atoms with E-state index in [1.807, 2.05) is 24.4 Å². The molecule has 0 aliphatic rings. The summed E-state index contributed by atoms with van der Waals surface area (Å²) in [6.45, 7) is 2.09. The third-order valence-corrected chi connectivity index (χ3v) is 1.58. The number of rotatable bonds is 2. The van der Waals surface area contributed by atoms with E-state index in [0.29, 0.717) is 0 Å². The maximum Gasteiger partial charge on any atom is 0.0912 e. The molecule has 60 valence electrons. The molecule has 2 nitrogen and oxygen atoms in total. The van der Waals surface area contributed by atoms with Crippen molar-refractivity contribution in [3.63, 3.8) is 0 Å². The van der Waals surface area contributed by atoms with Crippen LogP contribution in [-0.4, -0.2) is 4.98 Å². The lowest BCUT2D eigenvalue weighted by Gasteiger charge is -1.94. The van der Waals surface area contributed by atoms with Crippen molar-refractivity contribution in [1.82, 2.24) is 4.98 Å². The SMILES string of the molecule is CCc1ccc(/C=C/C#N)nc1. The first-order chi connectivity index (χ1) is 5.86. The number of allylic oxidation sites excluding steroid dienone is 1. The number of hydrogen-bond donors (Lipinski definition) is 0. The van der Waals surface area contributed by atoms with Crippen LogP contribution in [0.4, 0.5) is 0 Å². The molecule has 1 rings (SSSR count). The first-order valence-electron chi connectivity index (χ1n) is 3.88. The van der Waals surface area contributed by atoms with Crippen LogP contribution in [-0.2, 0) is 6.42 Å². The molecule has 1 heterocycles. The zero-order valence-electron chi connectivity index (χ0n) is 6.99. The Kier molecular flexibility index (Phi) is 3.04. The summed E-state index contributed by atoms with van der Waals surface area (Å²) >= 11 is 0. The van der Waals surface area contributed by atoms with E-state index in [9.17, 15) is 0 Å². The fraction of sp³-hybridized carbons (Fsp3) is 0.200. The Morgan fingerprint density at radius 2 is 2.42 bits per heavy atom. The second kappa shape index (κ2) is 4.30. The summed E-state index contributed by atoms with van der Waals surface area (Å²) in [6.07, 6.45) is 5.94. The molecule has 0 fully saturated rings. The predicted molar refractivity (Wildman–Crippen MR) is 48.3 cm³/mol. The fourth-order valence-electron chi connectivity index (χ4n) is 0.866. The van der Waals surface area contributed by atoms with Gasteiger partial charge in [0.25, 0.3) is 0 Å². The van der Waals surface area contributed by atoms with E-state index >= 15 is 0 Å². The Hall–Kier alpha value is -1.62. The van der Waals surface area contributed by atoms with Crippen molar-refractivity contribution in [2.75, 3.05) is 0 Å². The molecule has 0 aliphatic heterocycles. The third kappa shape index (κ3) is 2.21. The molecule has 0 amide bonds. The molecular weight excluding hydrogens is 148 g/mol. The molecule has 2 heteroatoms. The normalized spacial score (nSPS) is 10.0. The van der Waals surface area contributed by atoms with Crippen molar-refractivity contribution in [2.45, 2.75) is 13.3 Å². The van der Waals surface area contributed by atoms with Crippen molar-refractivity contribution in [1.29, 1.82) is 5.26 Å². The molecule has 0 atom stereocenters.